The van der Waals surface area contributed by atoms with Gasteiger partial charge in [0.15, 0.2) is 0 Å². The summed E-state index contributed by atoms with van der Waals surface area (Å²) in [4.78, 5) is 3.64. The van der Waals surface area contributed by atoms with Gasteiger partial charge in [-0.1, -0.05) is 13.7 Å². The van der Waals surface area contributed by atoms with Crippen molar-refractivity contribution in [3.8, 4) is 0 Å². The molecule has 0 fully saturated rings. The van der Waals surface area contributed by atoms with E-state index in [0.717, 1.165) is 12.3 Å². The Balaban J connectivity index is 3.78. The third kappa shape index (κ3) is 2.03. The number of pyridine rings is 1. The largest absolute Gasteiger partial charge is 0.260 e. The minimum Gasteiger partial charge on any atom is -0.260 e. The average molecular weight is 224 g/mol. The van der Waals surface area contributed by atoms with E-state index < -0.39 is 37.7 Å². The smallest absolute Gasteiger partial charge is 0.0458 e. The number of aryl methyl sites for hydroxylation is 1. The Morgan fingerprint density at radius 2 is 2.55 bits per heavy atom. The van der Waals surface area contributed by atoms with Crippen molar-refractivity contribution in [2.45, 2.75) is 26.4 Å². The second-order valence-electron chi connectivity index (χ2n) is 1.92. The van der Waals surface area contributed by atoms with E-state index in [1.54, 1.807) is 0 Å². The van der Waals surface area contributed by atoms with Crippen LogP contribution < -0.4 is 0 Å². The molecule has 0 aromatic carbocycles. The minimum absolute atomic E-state index is 0.246. The van der Waals surface area contributed by atoms with Crippen molar-refractivity contribution in [3.63, 3.8) is 0 Å². The lowest BCUT2D eigenvalue weighted by molar-refractivity contribution is 0.810. The van der Waals surface area contributed by atoms with Crippen LogP contribution in [0, 0.1) is 6.85 Å². The normalized spacial score (nSPS) is 28.5. The summed E-state index contributed by atoms with van der Waals surface area (Å²) in [7, 11) is 0. The van der Waals surface area contributed by atoms with Crippen molar-refractivity contribution in [1.82, 2.24) is 4.98 Å². The van der Waals surface area contributed by atoms with Crippen molar-refractivity contribution in [1.29, 1.82) is 0 Å². The van der Waals surface area contributed by atoms with E-state index >= 15 is 0 Å². The van der Waals surface area contributed by atoms with Crippen LogP contribution >= 0.6 is 15.9 Å². The number of hydrogen-bond donors (Lipinski definition) is 0. The fourth-order valence-corrected chi connectivity index (χ4v) is 0.970. The number of rotatable bonds is 1. The van der Waals surface area contributed by atoms with E-state index in [1.165, 1.54) is 0 Å². The summed E-state index contributed by atoms with van der Waals surface area (Å²) in [5.41, 5.74) is -1.36. The van der Waals surface area contributed by atoms with Gasteiger partial charge in [-0.3, -0.25) is 4.98 Å². The monoisotopic (exact) mass is 223 g/mol. The molecule has 0 aliphatic rings. The fourth-order valence-electron chi connectivity index (χ4n) is 0.638. The molecule has 0 amide bonds. The molecule has 0 atom stereocenters. The maximum Gasteiger partial charge on any atom is 0.0458 e. The highest BCUT2D eigenvalue weighted by molar-refractivity contribution is 9.10. The summed E-state index contributed by atoms with van der Waals surface area (Å²) in [6.45, 7) is -9.35. The summed E-state index contributed by atoms with van der Waals surface area (Å²) in [5, 5.41) is 0. The van der Waals surface area contributed by atoms with Gasteiger partial charge in [0.2, 0.25) is 0 Å². The predicted octanol–water partition coefficient (Wildman–Crippen LogP) is 3.28. The van der Waals surface area contributed by atoms with Gasteiger partial charge in [0.1, 0.15) is 0 Å². The molecule has 1 aromatic rings. The van der Waals surface area contributed by atoms with Crippen LogP contribution in [0.1, 0.15) is 44.6 Å². The highest BCUT2D eigenvalue weighted by Crippen LogP contribution is 2.19. The molecule has 1 rings (SSSR count). The molecule has 0 saturated carbocycles. The van der Waals surface area contributed by atoms with Gasteiger partial charge in [0.25, 0.3) is 0 Å². The summed E-state index contributed by atoms with van der Waals surface area (Å²) < 4.78 is 74.8. The Bertz CT molecular complexity index is 515. The van der Waals surface area contributed by atoms with Gasteiger partial charge < -0.3 is 0 Å². The zero-order chi connectivity index (χ0) is 16.9. The third-order valence-electron chi connectivity index (χ3n) is 1.09. The number of aromatic nitrogens is 1. The predicted molar refractivity (Wildman–Crippen MR) is 50.8 cm³/mol. The van der Waals surface area contributed by atoms with Gasteiger partial charge in [0.05, 0.1) is 0 Å². The maximum absolute atomic E-state index is 8.00. The molecule has 0 unspecified atom stereocenters. The molecule has 1 heterocycles. The van der Waals surface area contributed by atoms with E-state index in [9.17, 15) is 0 Å². The standard InChI is InChI=1S/C9H12BrN/c1-6(2)9-7(3)4-8(10)5-11-9/h4-6H,1-3H3/i1D3,2D3,3D3,6D. The highest BCUT2D eigenvalue weighted by Gasteiger charge is 2.03. The lowest BCUT2D eigenvalue weighted by atomic mass is 10.1. The van der Waals surface area contributed by atoms with Crippen LogP contribution in [-0.4, -0.2) is 4.98 Å². The van der Waals surface area contributed by atoms with Crippen LogP contribution in [-0.2, 0) is 0 Å². The van der Waals surface area contributed by atoms with Crippen LogP contribution in [0.15, 0.2) is 16.7 Å². The van der Waals surface area contributed by atoms with E-state index in [2.05, 4.69) is 20.9 Å². The summed E-state index contributed by atoms with van der Waals surface area (Å²) in [6.07, 6.45) is 1.07. The molecule has 0 aliphatic heterocycles. The third-order valence-corrected chi connectivity index (χ3v) is 1.52. The van der Waals surface area contributed by atoms with Gasteiger partial charge in [-0.25, -0.2) is 0 Å². The molecule has 60 valence electrons. The van der Waals surface area contributed by atoms with Crippen molar-refractivity contribution in [2.24, 2.45) is 0 Å². The van der Waals surface area contributed by atoms with E-state index in [1.807, 2.05) is 0 Å². The first-order valence-corrected chi connectivity index (χ1v) is 3.58. The van der Waals surface area contributed by atoms with Crippen molar-refractivity contribution in [2.75, 3.05) is 0 Å². The molecular formula is C9H12BrN. The lowest BCUT2D eigenvalue weighted by Crippen LogP contribution is -1.95. The molecule has 0 aliphatic carbocycles. The number of hydrogen-bond acceptors (Lipinski definition) is 1. The molecule has 2 heteroatoms. The van der Waals surface area contributed by atoms with Crippen LogP contribution in [0.2, 0.25) is 0 Å². The Morgan fingerprint density at radius 3 is 3.18 bits per heavy atom. The molecule has 11 heavy (non-hydrogen) atoms. The summed E-state index contributed by atoms with van der Waals surface area (Å²) >= 11 is 3.00. The molecule has 0 saturated heterocycles. The van der Waals surface area contributed by atoms with Crippen LogP contribution in [0.3, 0.4) is 0 Å². The molecule has 0 radical (unpaired) electrons. The van der Waals surface area contributed by atoms with Crippen molar-refractivity contribution >= 4 is 15.9 Å². The maximum atomic E-state index is 8.00. The first-order chi connectivity index (χ1) is 9.12. The second kappa shape index (κ2) is 3.35. The quantitative estimate of drug-likeness (QED) is 0.713. The van der Waals surface area contributed by atoms with E-state index in [-0.39, 0.29) is 4.47 Å². The molecular weight excluding hydrogens is 202 g/mol. The van der Waals surface area contributed by atoms with Crippen molar-refractivity contribution in [3.05, 3.63) is 28.0 Å². The Labute approximate surface area is 90.0 Å². The SMILES string of the molecule is [2H]C([2H])([2H])c1cc(Br)cnc1C([2H])(C([2H])([2H])[2H])C([2H])([2H])[2H]. The average Bonchev–Trinajstić information content (AvgIpc) is 2.23. The first kappa shape index (κ1) is 2.32. The van der Waals surface area contributed by atoms with Gasteiger partial charge in [-0.05, 0) is 40.3 Å². The topological polar surface area (TPSA) is 12.9 Å². The zero-order valence-electron chi connectivity index (χ0n) is 15.5. The number of nitrogens with zero attached hydrogens (tertiary/aromatic N) is 1. The summed E-state index contributed by atoms with van der Waals surface area (Å²) in [6, 6.07) is 1.07. The van der Waals surface area contributed by atoms with E-state index in [4.69, 9.17) is 13.7 Å². The molecule has 0 bridgehead atoms. The van der Waals surface area contributed by atoms with Gasteiger partial charge >= 0.3 is 0 Å². The van der Waals surface area contributed by atoms with Crippen LogP contribution in [0.4, 0.5) is 0 Å². The van der Waals surface area contributed by atoms with Crippen molar-refractivity contribution < 1.29 is 13.7 Å². The van der Waals surface area contributed by atoms with Gasteiger partial charge in [-0.15, -0.1) is 0 Å². The van der Waals surface area contributed by atoms with Crippen LogP contribution in [0.25, 0.3) is 0 Å². The van der Waals surface area contributed by atoms with E-state index in [0.29, 0.717) is 0 Å². The van der Waals surface area contributed by atoms with Gasteiger partial charge in [0, 0.05) is 30.1 Å². The fraction of sp³-hybridized carbons (Fsp3) is 0.444. The van der Waals surface area contributed by atoms with Crippen LogP contribution in [0.5, 0.6) is 0 Å². The Morgan fingerprint density at radius 1 is 1.73 bits per heavy atom. The molecule has 0 spiro atoms. The molecule has 1 nitrogen and oxygen atoms in total. The first-order valence-electron chi connectivity index (χ1n) is 7.79. The minimum atomic E-state index is -3.28. The Kier molecular flexibility index (Phi) is 0.706. The zero-order valence-corrected chi connectivity index (χ0v) is 7.07. The Hall–Kier alpha value is -0.370. The highest BCUT2D eigenvalue weighted by atomic mass is 79.9. The lowest BCUT2D eigenvalue weighted by Gasteiger charge is -2.07. The summed E-state index contributed by atoms with van der Waals surface area (Å²) in [5.74, 6) is -3.13. The second-order valence-corrected chi connectivity index (χ2v) is 2.84. The molecule has 0 N–H and O–H groups in total. The number of halogens is 1. The van der Waals surface area contributed by atoms with Gasteiger partial charge in [-0.2, -0.15) is 0 Å². The molecule has 1 aromatic heterocycles.